The van der Waals surface area contributed by atoms with Gasteiger partial charge in [-0.2, -0.15) is 0 Å². The minimum absolute atomic E-state index is 0.0764. The molecule has 102 valence electrons. The SMILES string of the molecule is CCN(CC)C(=O)[C@@H]1C(=O)[C@@H]2CC[C@@H]1C(C)(C)C2. The van der Waals surface area contributed by atoms with Crippen LogP contribution in [0.1, 0.15) is 47.0 Å². The van der Waals surface area contributed by atoms with Crippen LogP contribution in [0.4, 0.5) is 0 Å². The second-order valence-corrected chi connectivity index (χ2v) is 6.46. The van der Waals surface area contributed by atoms with Crippen LogP contribution in [0.15, 0.2) is 0 Å². The third-order valence-electron chi connectivity index (χ3n) is 5.05. The zero-order chi connectivity index (χ0) is 13.5. The summed E-state index contributed by atoms with van der Waals surface area (Å²) < 4.78 is 0. The predicted octanol–water partition coefficient (Wildman–Crippen LogP) is 2.50. The van der Waals surface area contributed by atoms with Crippen molar-refractivity contribution in [2.45, 2.75) is 47.0 Å². The largest absolute Gasteiger partial charge is 0.343 e. The van der Waals surface area contributed by atoms with Crippen LogP contribution in [0.25, 0.3) is 0 Å². The summed E-state index contributed by atoms with van der Waals surface area (Å²) in [5.74, 6) is 0.333. The van der Waals surface area contributed by atoms with Crippen LogP contribution in [-0.4, -0.2) is 29.7 Å². The minimum Gasteiger partial charge on any atom is -0.343 e. The fourth-order valence-corrected chi connectivity index (χ4v) is 4.00. The van der Waals surface area contributed by atoms with Crippen LogP contribution < -0.4 is 0 Å². The van der Waals surface area contributed by atoms with Crippen molar-refractivity contribution in [3.05, 3.63) is 0 Å². The number of hydrogen-bond donors (Lipinski definition) is 0. The van der Waals surface area contributed by atoms with E-state index in [0.717, 1.165) is 19.3 Å². The lowest BCUT2D eigenvalue weighted by atomic mass is 9.52. The van der Waals surface area contributed by atoms with Gasteiger partial charge in [0.1, 0.15) is 11.7 Å². The van der Waals surface area contributed by atoms with Gasteiger partial charge >= 0.3 is 0 Å². The number of carbonyl (C=O) groups excluding carboxylic acids is 2. The number of nitrogens with zero attached hydrogens (tertiary/aromatic N) is 1. The number of Topliss-reactive ketones (excluding diaryl/α,β-unsaturated/α-hetero) is 1. The molecule has 0 saturated heterocycles. The van der Waals surface area contributed by atoms with Crippen LogP contribution in [0.3, 0.4) is 0 Å². The molecule has 3 aliphatic rings. The quantitative estimate of drug-likeness (QED) is 0.723. The van der Waals surface area contributed by atoms with Crippen molar-refractivity contribution in [2.75, 3.05) is 13.1 Å². The van der Waals surface area contributed by atoms with Gasteiger partial charge in [-0.25, -0.2) is 0 Å². The van der Waals surface area contributed by atoms with E-state index in [4.69, 9.17) is 0 Å². The number of fused-ring (bicyclic) bond motifs is 3. The summed E-state index contributed by atoms with van der Waals surface area (Å²) >= 11 is 0. The first kappa shape index (κ1) is 13.6. The summed E-state index contributed by atoms with van der Waals surface area (Å²) in [7, 11) is 0. The van der Waals surface area contributed by atoms with Gasteiger partial charge in [0.2, 0.25) is 5.91 Å². The predicted molar refractivity (Wildman–Crippen MR) is 71.0 cm³/mol. The number of carbonyl (C=O) groups is 2. The summed E-state index contributed by atoms with van der Waals surface area (Å²) in [6, 6.07) is 0. The molecule has 0 aromatic rings. The van der Waals surface area contributed by atoms with Crippen molar-refractivity contribution >= 4 is 11.7 Å². The van der Waals surface area contributed by atoms with Gasteiger partial charge in [0.05, 0.1) is 0 Å². The molecule has 3 saturated carbocycles. The lowest BCUT2D eigenvalue weighted by molar-refractivity contribution is -0.158. The van der Waals surface area contributed by atoms with Gasteiger partial charge in [-0.15, -0.1) is 0 Å². The first-order valence-corrected chi connectivity index (χ1v) is 7.24. The van der Waals surface area contributed by atoms with Gasteiger partial charge in [0, 0.05) is 19.0 Å². The Kier molecular flexibility index (Phi) is 3.52. The van der Waals surface area contributed by atoms with Gasteiger partial charge in [-0.1, -0.05) is 13.8 Å². The Labute approximate surface area is 110 Å². The highest BCUT2D eigenvalue weighted by Crippen LogP contribution is 2.53. The Morgan fingerprint density at radius 1 is 1.28 bits per heavy atom. The number of amides is 1. The summed E-state index contributed by atoms with van der Waals surface area (Å²) in [5, 5.41) is 0. The van der Waals surface area contributed by atoms with E-state index in [-0.39, 0.29) is 34.9 Å². The summed E-state index contributed by atoms with van der Waals surface area (Å²) in [6.07, 6.45) is 3.01. The Morgan fingerprint density at radius 3 is 2.39 bits per heavy atom. The summed E-state index contributed by atoms with van der Waals surface area (Å²) in [5.41, 5.74) is 0.143. The molecule has 0 heterocycles. The van der Waals surface area contributed by atoms with E-state index >= 15 is 0 Å². The molecule has 3 atom stereocenters. The minimum atomic E-state index is -0.354. The van der Waals surface area contributed by atoms with Crippen molar-refractivity contribution in [1.29, 1.82) is 0 Å². The van der Waals surface area contributed by atoms with E-state index in [1.54, 1.807) is 0 Å². The highest BCUT2D eigenvalue weighted by Gasteiger charge is 2.54. The average Bonchev–Trinajstić information content (AvgIpc) is 2.31. The third-order valence-corrected chi connectivity index (χ3v) is 5.05. The van der Waals surface area contributed by atoms with Gasteiger partial charge < -0.3 is 4.90 Å². The molecule has 0 unspecified atom stereocenters. The molecular formula is C15H25NO2. The molecular weight excluding hydrogens is 226 g/mol. The molecule has 1 amide bonds. The zero-order valence-electron chi connectivity index (χ0n) is 12.0. The van der Waals surface area contributed by atoms with Gasteiger partial charge in [0.15, 0.2) is 0 Å². The lowest BCUT2D eigenvalue weighted by Gasteiger charge is -2.51. The fourth-order valence-electron chi connectivity index (χ4n) is 4.00. The van der Waals surface area contributed by atoms with Crippen molar-refractivity contribution in [1.82, 2.24) is 4.90 Å². The summed E-state index contributed by atoms with van der Waals surface area (Å²) in [6.45, 7) is 9.82. The fraction of sp³-hybridized carbons (Fsp3) is 0.867. The molecule has 0 aromatic carbocycles. The smallest absolute Gasteiger partial charge is 0.233 e. The Bertz CT molecular complexity index is 358. The van der Waals surface area contributed by atoms with E-state index in [9.17, 15) is 9.59 Å². The molecule has 3 aliphatic carbocycles. The molecule has 18 heavy (non-hydrogen) atoms. The summed E-state index contributed by atoms with van der Waals surface area (Å²) in [4.78, 5) is 26.8. The second kappa shape index (κ2) is 4.67. The Hall–Kier alpha value is -0.860. The average molecular weight is 251 g/mol. The maximum absolute atomic E-state index is 12.6. The van der Waals surface area contributed by atoms with Crippen LogP contribution in [0.2, 0.25) is 0 Å². The highest BCUT2D eigenvalue weighted by molar-refractivity contribution is 6.04. The van der Waals surface area contributed by atoms with Crippen LogP contribution >= 0.6 is 0 Å². The van der Waals surface area contributed by atoms with Gasteiger partial charge in [-0.3, -0.25) is 9.59 Å². The standard InChI is InChI=1S/C15H25NO2/c1-5-16(6-2)14(18)12-11-8-7-10(13(12)17)9-15(11,3)4/h10-12H,5-9H2,1-4H3/t10-,11+,12+/m1/s1. The molecule has 2 bridgehead atoms. The molecule has 0 radical (unpaired) electrons. The van der Waals surface area contributed by atoms with Gasteiger partial charge in [-0.05, 0) is 44.4 Å². The number of rotatable bonds is 3. The van der Waals surface area contributed by atoms with Crippen molar-refractivity contribution in [2.24, 2.45) is 23.2 Å². The second-order valence-electron chi connectivity index (χ2n) is 6.46. The molecule has 0 aromatic heterocycles. The number of hydrogen-bond acceptors (Lipinski definition) is 2. The van der Waals surface area contributed by atoms with Crippen LogP contribution in [0, 0.1) is 23.2 Å². The van der Waals surface area contributed by atoms with E-state index in [1.165, 1.54) is 0 Å². The zero-order valence-corrected chi connectivity index (χ0v) is 12.0. The molecule has 3 heteroatoms. The molecule has 0 N–H and O–H groups in total. The highest BCUT2D eigenvalue weighted by atomic mass is 16.2. The molecule has 3 fully saturated rings. The van der Waals surface area contributed by atoms with E-state index in [0.29, 0.717) is 13.1 Å². The van der Waals surface area contributed by atoms with Crippen molar-refractivity contribution in [3.8, 4) is 0 Å². The van der Waals surface area contributed by atoms with Crippen molar-refractivity contribution in [3.63, 3.8) is 0 Å². The first-order chi connectivity index (χ1) is 8.42. The maximum atomic E-state index is 12.6. The Balaban J connectivity index is 2.26. The van der Waals surface area contributed by atoms with E-state index in [2.05, 4.69) is 13.8 Å². The van der Waals surface area contributed by atoms with Crippen molar-refractivity contribution < 1.29 is 9.59 Å². The molecule has 0 aliphatic heterocycles. The molecule has 3 rings (SSSR count). The first-order valence-electron chi connectivity index (χ1n) is 7.24. The Morgan fingerprint density at radius 2 is 1.89 bits per heavy atom. The van der Waals surface area contributed by atoms with E-state index < -0.39 is 0 Å². The monoisotopic (exact) mass is 251 g/mol. The topological polar surface area (TPSA) is 37.4 Å². The van der Waals surface area contributed by atoms with Crippen LogP contribution in [0.5, 0.6) is 0 Å². The normalized spacial score (nSPS) is 33.6. The maximum Gasteiger partial charge on any atom is 0.233 e. The van der Waals surface area contributed by atoms with E-state index in [1.807, 2.05) is 18.7 Å². The van der Waals surface area contributed by atoms with Crippen LogP contribution in [-0.2, 0) is 9.59 Å². The molecule has 0 spiro atoms. The molecule has 3 nitrogen and oxygen atoms in total. The third kappa shape index (κ3) is 1.98. The van der Waals surface area contributed by atoms with Gasteiger partial charge in [0.25, 0.3) is 0 Å². The number of ketones is 1. The lowest BCUT2D eigenvalue weighted by Crippen LogP contribution is -2.55.